The van der Waals surface area contributed by atoms with Crippen molar-refractivity contribution < 1.29 is 8.78 Å². The molecular formula is C11H12F2N4. The average molecular weight is 238 g/mol. The first-order chi connectivity index (χ1) is 8.22. The molecule has 6 heteroatoms. The molecule has 90 valence electrons. The van der Waals surface area contributed by atoms with Gasteiger partial charge in [-0.1, -0.05) is 5.21 Å². The summed E-state index contributed by atoms with van der Waals surface area (Å²) >= 11 is 0. The molecule has 1 aromatic heterocycles. The number of hydrogen-bond acceptors (Lipinski definition) is 3. The smallest absolute Gasteiger partial charge is 0.159 e. The molecule has 0 aliphatic carbocycles. The van der Waals surface area contributed by atoms with E-state index in [0.29, 0.717) is 24.3 Å². The topological polar surface area (TPSA) is 56.7 Å². The van der Waals surface area contributed by atoms with Gasteiger partial charge in [-0.25, -0.2) is 13.5 Å². The molecule has 0 aliphatic heterocycles. The van der Waals surface area contributed by atoms with Gasteiger partial charge in [0, 0.05) is 12.1 Å². The molecule has 2 rings (SSSR count). The molecule has 17 heavy (non-hydrogen) atoms. The molecule has 1 heterocycles. The van der Waals surface area contributed by atoms with E-state index in [1.807, 2.05) is 0 Å². The lowest BCUT2D eigenvalue weighted by Crippen LogP contribution is -2.08. The van der Waals surface area contributed by atoms with Crippen molar-refractivity contribution in [1.82, 2.24) is 15.0 Å². The minimum atomic E-state index is -0.880. The molecule has 4 nitrogen and oxygen atoms in total. The number of aromatic nitrogens is 3. The van der Waals surface area contributed by atoms with Crippen LogP contribution in [0.25, 0.3) is 11.3 Å². The Morgan fingerprint density at radius 1 is 1.24 bits per heavy atom. The summed E-state index contributed by atoms with van der Waals surface area (Å²) in [4.78, 5) is 0. The normalized spacial score (nSPS) is 10.8. The van der Waals surface area contributed by atoms with E-state index in [9.17, 15) is 8.78 Å². The number of hydrogen-bond donors (Lipinski definition) is 1. The predicted molar refractivity (Wildman–Crippen MR) is 59.0 cm³/mol. The highest BCUT2D eigenvalue weighted by Gasteiger charge is 2.09. The minimum absolute atomic E-state index is 0.539. The molecule has 2 aromatic rings. The van der Waals surface area contributed by atoms with Gasteiger partial charge in [-0.15, -0.1) is 5.10 Å². The van der Waals surface area contributed by atoms with Crippen LogP contribution in [0.5, 0.6) is 0 Å². The van der Waals surface area contributed by atoms with Crippen molar-refractivity contribution in [2.24, 2.45) is 5.73 Å². The number of halogens is 2. The van der Waals surface area contributed by atoms with Gasteiger partial charge in [-0.2, -0.15) is 0 Å². The fraction of sp³-hybridized carbons (Fsp3) is 0.273. The van der Waals surface area contributed by atoms with Crippen molar-refractivity contribution in [3.8, 4) is 11.3 Å². The van der Waals surface area contributed by atoms with E-state index in [-0.39, 0.29) is 0 Å². The summed E-state index contributed by atoms with van der Waals surface area (Å²) in [6.07, 6.45) is 2.27. The first-order valence-electron chi connectivity index (χ1n) is 5.26. The maximum Gasteiger partial charge on any atom is 0.159 e. The monoisotopic (exact) mass is 238 g/mol. The van der Waals surface area contributed by atoms with Crippen LogP contribution in [0.4, 0.5) is 8.78 Å². The fourth-order valence-corrected chi connectivity index (χ4v) is 1.54. The Labute approximate surface area is 97.0 Å². The van der Waals surface area contributed by atoms with Gasteiger partial charge in [0.25, 0.3) is 0 Å². The van der Waals surface area contributed by atoms with Crippen molar-refractivity contribution in [3.05, 3.63) is 36.0 Å². The standard InChI is InChI=1S/C11H12F2N4/c12-9-3-2-8(6-10(9)13)11-7-15-16-17(11)5-1-4-14/h2-3,6-7H,1,4-5,14H2. The summed E-state index contributed by atoms with van der Waals surface area (Å²) in [5.41, 5.74) is 6.60. The molecule has 0 unspecified atom stereocenters. The molecule has 0 radical (unpaired) electrons. The number of nitrogens with zero attached hydrogens (tertiary/aromatic N) is 3. The summed E-state index contributed by atoms with van der Waals surface area (Å²) in [6.45, 7) is 1.14. The van der Waals surface area contributed by atoms with Crippen molar-refractivity contribution >= 4 is 0 Å². The van der Waals surface area contributed by atoms with Crippen molar-refractivity contribution in [3.63, 3.8) is 0 Å². The molecule has 1 aromatic carbocycles. The highest BCUT2D eigenvalue weighted by molar-refractivity contribution is 5.58. The Balaban J connectivity index is 2.32. The van der Waals surface area contributed by atoms with Crippen LogP contribution in [0.15, 0.2) is 24.4 Å². The molecule has 0 saturated carbocycles. The van der Waals surface area contributed by atoms with Gasteiger partial charge < -0.3 is 5.73 Å². The van der Waals surface area contributed by atoms with Crippen molar-refractivity contribution in [2.75, 3.05) is 6.54 Å². The van der Waals surface area contributed by atoms with E-state index in [4.69, 9.17) is 5.73 Å². The Morgan fingerprint density at radius 2 is 2.06 bits per heavy atom. The van der Waals surface area contributed by atoms with E-state index < -0.39 is 11.6 Å². The Kier molecular flexibility index (Phi) is 3.43. The van der Waals surface area contributed by atoms with Crippen molar-refractivity contribution in [1.29, 1.82) is 0 Å². The third-order valence-corrected chi connectivity index (χ3v) is 2.41. The average Bonchev–Trinajstić information content (AvgIpc) is 2.78. The molecule has 0 atom stereocenters. The molecule has 0 saturated heterocycles. The van der Waals surface area contributed by atoms with Crippen LogP contribution in [0, 0.1) is 11.6 Å². The molecule has 2 N–H and O–H groups in total. The van der Waals surface area contributed by atoms with Gasteiger partial charge in [0.1, 0.15) is 0 Å². The van der Waals surface area contributed by atoms with E-state index in [2.05, 4.69) is 10.3 Å². The third-order valence-electron chi connectivity index (χ3n) is 2.41. The maximum atomic E-state index is 13.1. The van der Waals surface area contributed by atoms with Gasteiger partial charge in [0.05, 0.1) is 11.9 Å². The summed E-state index contributed by atoms with van der Waals surface area (Å²) in [5.74, 6) is -1.75. The van der Waals surface area contributed by atoms with Gasteiger partial charge >= 0.3 is 0 Å². The first-order valence-corrected chi connectivity index (χ1v) is 5.26. The lowest BCUT2D eigenvalue weighted by atomic mass is 10.1. The quantitative estimate of drug-likeness (QED) is 0.879. The van der Waals surface area contributed by atoms with Crippen molar-refractivity contribution in [2.45, 2.75) is 13.0 Å². The zero-order chi connectivity index (χ0) is 12.3. The third kappa shape index (κ3) is 2.47. The highest BCUT2D eigenvalue weighted by atomic mass is 19.2. The van der Waals surface area contributed by atoms with Crippen LogP contribution in [-0.4, -0.2) is 21.5 Å². The summed E-state index contributed by atoms with van der Waals surface area (Å²) in [6, 6.07) is 3.72. The van der Waals surface area contributed by atoms with Crippen LogP contribution >= 0.6 is 0 Å². The summed E-state index contributed by atoms with van der Waals surface area (Å²) in [5, 5.41) is 7.64. The Morgan fingerprint density at radius 3 is 2.76 bits per heavy atom. The lowest BCUT2D eigenvalue weighted by molar-refractivity contribution is 0.508. The van der Waals surface area contributed by atoms with Crippen LogP contribution in [0.3, 0.4) is 0 Å². The van der Waals surface area contributed by atoms with E-state index in [1.165, 1.54) is 12.3 Å². The molecule has 0 spiro atoms. The van der Waals surface area contributed by atoms with Crippen LogP contribution in [0.1, 0.15) is 6.42 Å². The largest absolute Gasteiger partial charge is 0.330 e. The van der Waals surface area contributed by atoms with Gasteiger partial charge in [-0.3, -0.25) is 0 Å². The van der Waals surface area contributed by atoms with Crippen LogP contribution in [0.2, 0.25) is 0 Å². The van der Waals surface area contributed by atoms with Crippen LogP contribution in [-0.2, 0) is 6.54 Å². The van der Waals surface area contributed by atoms with E-state index >= 15 is 0 Å². The van der Waals surface area contributed by atoms with Crippen LogP contribution < -0.4 is 5.73 Å². The van der Waals surface area contributed by atoms with Gasteiger partial charge in [0.15, 0.2) is 11.6 Å². The molecule has 0 amide bonds. The second-order valence-corrected chi connectivity index (χ2v) is 3.61. The van der Waals surface area contributed by atoms with Gasteiger partial charge in [0.2, 0.25) is 0 Å². The summed E-state index contributed by atoms with van der Waals surface area (Å²) < 4.78 is 27.5. The summed E-state index contributed by atoms with van der Waals surface area (Å²) in [7, 11) is 0. The number of nitrogens with two attached hydrogens (primary N) is 1. The first kappa shape index (κ1) is 11.7. The number of benzene rings is 1. The number of rotatable bonds is 4. The maximum absolute atomic E-state index is 13.1. The second-order valence-electron chi connectivity index (χ2n) is 3.61. The SMILES string of the molecule is NCCCn1nncc1-c1ccc(F)c(F)c1. The predicted octanol–water partition coefficient (Wildman–Crippen LogP) is 1.57. The Hall–Kier alpha value is -1.82. The van der Waals surface area contributed by atoms with Gasteiger partial charge in [-0.05, 0) is 31.2 Å². The van der Waals surface area contributed by atoms with E-state index in [0.717, 1.165) is 18.6 Å². The highest BCUT2D eigenvalue weighted by Crippen LogP contribution is 2.20. The minimum Gasteiger partial charge on any atom is -0.330 e. The number of aryl methyl sites for hydroxylation is 1. The molecule has 0 bridgehead atoms. The zero-order valence-electron chi connectivity index (χ0n) is 9.11. The fourth-order valence-electron chi connectivity index (χ4n) is 1.54. The van der Waals surface area contributed by atoms with E-state index in [1.54, 1.807) is 4.68 Å². The zero-order valence-corrected chi connectivity index (χ0v) is 9.11. The molecule has 0 aliphatic rings. The Bertz CT molecular complexity index is 510. The lowest BCUT2D eigenvalue weighted by Gasteiger charge is -2.05. The molecule has 0 fully saturated rings. The second kappa shape index (κ2) is 5.01. The molecular weight excluding hydrogens is 226 g/mol.